The molecule has 1 aliphatic heterocycles. The first-order valence-electron chi connectivity index (χ1n) is 10.2. The van der Waals surface area contributed by atoms with Crippen LogP contribution < -0.4 is 9.47 Å². The van der Waals surface area contributed by atoms with Crippen LogP contribution in [0, 0.1) is 6.92 Å². The normalized spacial score (nSPS) is 16.5. The molecule has 3 aromatic rings. The van der Waals surface area contributed by atoms with Gasteiger partial charge in [-0.05, 0) is 30.7 Å². The lowest BCUT2D eigenvalue weighted by Crippen LogP contribution is -2.43. The van der Waals surface area contributed by atoms with E-state index in [-0.39, 0.29) is 30.6 Å². The third kappa shape index (κ3) is 5.61. The Morgan fingerprint density at radius 1 is 1.06 bits per heavy atom. The molecule has 33 heavy (non-hydrogen) atoms. The lowest BCUT2D eigenvalue weighted by molar-refractivity contribution is -0.275. The molecule has 0 aliphatic carbocycles. The van der Waals surface area contributed by atoms with Gasteiger partial charge in [0.2, 0.25) is 5.91 Å². The Balaban J connectivity index is 1.64. The van der Waals surface area contributed by atoms with Gasteiger partial charge < -0.3 is 19.1 Å². The van der Waals surface area contributed by atoms with Crippen LogP contribution in [-0.4, -0.2) is 35.4 Å². The minimum atomic E-state index is -4.87. The van der Waals surface area contributed by atoms with Crippen LogP contribution in [0.2, 0.25) is 0 Å². The van der Waals surface area contributed by atoms with Gasteiger partial charge in [0, 0.05) is 24.5 Å². The quantitative estimate of drug-likeness (QED) is 0.509. The number of hydrogen-bond acceptors (Lipinski definition) is 5. The maximum absolute atomic E-state index is 12.8. The zero-order chi connectivity index (χ0) is 23.4. The van der Waals surface area contributed by atoms with E-state index in [9.17, 15) is 18.0 Å². The summed E-state index contributed by atoms with van der Waals surface area (Å²) in [6.07, 6.45) is -1.88. The topological polar surface area (TPSA) is 60.9 Å². The maximum Gasteiger partial charge on any atom is 0.573 e. The van der Waals surface area contributed by atoms with Gasteiger partial charge in [-0.2, -0.15) is 0 Å². The van der Waals surface area contributed by atoms with E-state index in [2.05, 4.69) is 9.72 Å². The monoisotopic (exact) mass is 458 g/mol. The molecule has 1 amide bonds. The van der Waals surface area contributed by atoms with Crippen LogP contribution in [0.4, 0.5) is 13.2 Å². The van der Waals surface area contributed by atoms with Crippen molar-refractivity contribution in [3.05, 3.63) is 83.7 Å². The van der Waals surface area contributed by atoms with Gasteiger partial charge in [-0.15, -0.1) is 13.2 Å². The highest BCUT2D eigenvalue weighted by atomic mass is 19.4. The maximum atomic E-state index is 12.8. The summed E-state index contributed by atoms with van der Waals surface area (Å²) in [5, 5.41) is 0. The molecule has 2 heterocycles. The van der Waals surface area contributed by atoms with Crippen LogP contribution in [0.25, 0.3) is 0 Å². The molecule has 6 nitrogen and oxygen atoms in total. The first-order chi connectivity index (χ1) is 15.8. The van der Waals surface area contributed by atoms with Crippen molar-refractivity contribution in [3.63, 3.8) is 0 Å². The number of amides is 1. The summed E-state index contributed by atoms with van der Waals surface area (Å²) in [7, 11) is 0. The van der Waals surface area contributed by atoms with Crippen LogP contribution in [-0.2, 0) is 16.1 Å². The smallest absolute Gasteiger partial charge is 0.453 e. The number of nitrogens with zero attached hydrogens (tertiary/aromatic N) is 2. The van der Waals surface area contributed by atoms with Crippen molar-refractivity contribution in [3.8, 4) is 17.2 Å². The number of aryl methyl sites for hydroxylation is 1. The molecule has 0 bridgehead atoms. The van der Waals surface area contributed by atoms with Crippen molar-refractivity contribution in [2.75, 3.05) is 13.2 Å². The van der Waals surface area contributed by atoms with E-state index in [1.165, 1.54) is 42.7 Å². The van der Waals surface area contributed by atoms with E-state index in [0.29, 0.717) is 12.1 Å². The Kier molecular flexibility index (Phi) is 6.50. The van der Waals surface area contributed by atoms with Crippen LogP contribution in [0.15, 0.2) is 67.0 Å². The molecule has 0 N–H and O–H groups in total. The summed E-state index contributed by atoms with van der Waals surface area (Å²) in [6, 6.07) is 14.3. The van der Waals surface area contributed by atoms with Crippen LogP contribution in [0.3, 0.4) is 0 Å². The molecule has 2 aromatic carbocycles. The number of ether oxygens (including phenoxy) is 3. The van der Waals surface area contributed by atoms with Gasteiger partial charge in [0.05, 0.1) is 12.6 Å². The Bertz CT molecular complexity index is 1120. The number of halogens is 3. The number of alkyl halides is 3. The van der Waals surface area contributed by atoms with Gasteiger partial charge in [0.1, 0.15) is 12.4 Å². The first kappa shape index (κ1) is 22.6. The predicted octanol–water partition coefficient (Wildman–Crippen LogP) is 5.18. The number of carbonyl (C=O) groups excluding carboxylic acids is 1. The fraction of sp³-hybridized carbons (Fsp3) is 0.250. The van der Waals surface area contributed by atoms with Gasteiger partial charge in [-0.25, -0.2) is 0 Å². The average molecular weight is 458 g/mol. The summed E-state index contributed by atoms with van der Waals surface area (Å²) >= 11 is 0. The van der Waals surface area contributed by atoms with Crippen molar-refractivity contribution in [2.24, 2.45) is 0 Å². The second-order valence-corrected chi connectivity index (χ2v) is 7.55. The Hall–Kier alpha value is -3.59. The number of para-hydroxylation sites is 2. The van der Waals surface area contributed by atoms with Crippen molar-refractivity contribution >= 4 is 5.91 Å². The fourth-order valence-corrected chi connectivity index (χ4v) is 3.55. The zero-order valence-electron chi connectivity index (χ0n) is 17.7. The van der Waals surface area contributed by atoms with Gasteiger partial charge in [-0.1, -0.05) is 42.0 Å². The van der Waals surface area contributed by atoms with E-state index in [1.54, 1.807) is 4.90 Å². The van der Waals surface area contributed by atoms with Crippen molar-refractivity contribution in [1.29, 1.82) is 0 Å². The number of rotatable bonds is 6. The zero-order valence-corrected chi connectivity index (χ0v) is 17.7. The predicted molar refractivity (Wildman–Crippen MR) is 113 cm³/mol. The number of aromatic nitrogens is 1. The second kappa shape index (κ2) is 9.50. The molecule has 172 valence electrons. The molecular formula is C24H21F3N2O4. The van der Waals surface area contributed by atoms with E-state index >= 15 is 0 Å². The lowest BCUT2D eigenvalue weighted by atomic mass is 10.0. The molecule has 4 rings (SSSR count). The van der Waals surface area contributed by atoms with Crippen molar-refractivity contribution in [1.82, 2.24) is 9.88 Å². The molecule has 0 saturated carbocycles. The number of pyridine rings is 1. The summed E-state index contributed by atoms with van der Waals surface area (Å²) < 4.78 is 53.8. The molecule has 1 aromatic heterocycles. The van der Waals surface area contributed by atoms with Crippen LogP contribution >= 0.6 is 0 Å². The standard InChI is InChI=1S/C24H21F3N2O4/c1-16-6-8-17(9-7-16)13-29-19(14-31-15-23(29)30)18-12-28-11-10-20(18)32-21-4-2-3-5-22(21)33-24(25,26)27/h2-12,19H,13-15H2,1H3. The molecule has 1 aliphatic rings. The van der Waals surface area contributed by atoms with Gasteiger partial charge in [0.15, 0.2) is 11.5 Å². The highest BCUT2D eigenvalue weighted by molar-refractivity contribution is 5.78. The molecule has 0 radical (unpaired) electrons. The third-order valence-electron chi connectivity index (χ3n) is 5.14. The van der Waals surface area contributed by atoms with E-state index in [4.69, 9.17) is 9.47 Å². The van der Waals surface area contributed by atoms with Gasteiger partial charge in [0.25, 0.3) is 0 Å². The minimum Gasteiger partial charge on any atom is -0.453 e. The van der Waals surface area contributed by atoms with Crippen LogP contribution in [0.1, 0.15) is 22.7 Å². The molecule has 1 atom stereocenters. The molecule has 0 spiro atoms. The molecular weight excluding hydrogens is 437 g/mol. The molecule has 1 fully saturated rings. The summed E-state index contributed by atoms with van der Waals surface area (Å²) in [5.74, 6) is -0.543. The van der Waals surface area contributed by atoms with E-state index < -0.39 is 18.2 Å². The van der Waals surface area contributed by atoms with Gasteiger partial charge >= 0.3 is 6.36 Å². The number of carbonyl (C=O) groups is 1. The highest BCUT2D eigenvalue weighted by Gasteiger charge is 2.34. The summed E-state index contributed by atoms with van der Waals surface area (Å²) in [4.78, 5) is 18.5. The molecule has 9 heteroatoms. The van der Waals surface area contributed by atoms with Crippen LogP contribution in [0.5, 0.6) is 17.2 Å². The second-order valence-electron chi connectivity index (χ2n) is 7.55. The first-order valence-corrected chi connectivity index (χ1v) is 10.2. The number of hydrogen-bond donors (Lipinski definition) is 0. The Morgan fingerprint density at radius 2 is 1.79 bits per heavy atom. The highest BCUT2D eigenvalue weighted by Crippen LogP contribution is 2.39. The van der Waals surface area contributed by atoms with Gasteiger partial charge in [-0.3, -0.25) is 9.78 Å². The molecule has 1 saturated heterocycles. The number of morpholine rings is 1. The SMILES string of the molecule is Cc1ccc(CN2C(=O)COCC2c2cnccc2Oc2ccccc2OC(F)(F)F)cc1. The lowest BCUT2D eigenvalue weighted by Gasteiger charge is -2.36. The number of benzene rings is 2. The Morgan fingerprint density at radius 3 is 2.52 bits per heavy atom. The average Bonchev–Trinajstić information content (AvgIpc) is 2.77. The van der Waals surface area contributed by atoms with Crippen molar-refractivity contribution in [2.45, 2.75) is 25.9 Å². The third-order valence-corrected chi connectivity index (χ3v) is 5.14. The molecule has 1 unspecified atom stereocenters. The van der Waals surface area contributed by atoms with E-state index in [1.807, 2.05) is 31.2 Å². The fourth-order valence-electron chi connectivity index (χ4n) is 3.55. The van der Waals surface area contributed by atoms with Crippen molar-refractivity contribution < 1.29 is 32.2 Å². The largest absolute Gasteiger partial charge is 0.573 e. The Labute approximate surface area is 188 Å². The summed E-state index contributed by atoms with van der Waals surface area (Å²) in [6.45, 7) is 2.46. The summed E-state index contributed by atoms with van der Waals surface area (Å²) in [5.41, 5.74) is 2.56. The van der Waals surface area contributed by atoms with E-state index in [0.717, 1.165) is 11.1 Å². The minimum absolute atomic E-state index is 0.0545.